The smallest absolute Gasteiger partial charge is 0.339 e. The number of carbonyl (C=O) groups is 4. The van der Waals surface area contributed by atoms with Crippen molar-refractivity contribution in [2.45, 2.75) is 51.4 Å². The monoisotopic (exact) mass is 309 g/mol. The Kier molecular flexibility index (Phi) is 3.45. The van der Waals surface area contributed by atoms with Crippen LogP contribution in [0.5, 0.6) is 0 Å². The number of methoxy groups -OCH3 is 1. The molecule has 1 heterocycles. The third-order valence-corrected chi connectivity index (χ3v) is 5.48. The third-order valence-electron chi connectivity index (χ3n) is 5.48. The molecule has 2 amide bonds. The van der Waals surface area contributed by atoms with Crippen LogP contribution in [0.4, 0.5) is 0 Å². The van der Waals surface area contributed by atoms with Gasteiger partial charge in [-0.1, -0.05) is 0 Å². The van der Waals surface area contributed by atoms with Crippen molar-refractivity contribution in [2.75, 3.05) is 7.11 Å². The molecule has 3 aliphatic carbocycles. The molecule has 0 atom stereocenters. The minimum atomic E-state index is -0.682. The fourth-order valence-electron chi connectivity index (χ4n) is 3.85. The second kappa shape index (κ2) is 5.07. The highest BCUT2D eigenvalue weighted by Crippen LogP contribution is 2.57. The van der Waals surface area contributed by atoms with E-state index >= 15 is 0 Å². The molecular weight excluding hydrogens is 290 g/mol. The molecule has 0 aromatic carbocycles. The number of fused-ring (bicyclic) bond motifs is 3. The highest BCUT2D eigenvalue weighted by Gasteiger charge is 2.57. The Balaban J connectivity index is 1.69. The van der Waals surface area contributed by atoms with E-state index in [4.69, 9.17) is 9.57 Å². The number of hydrogen-bond donors (Lipinski definition) is 0. The van der Waals surface area contributed by atoms with Gasteiger partial charge in [0.1, 0.15) is 0 Å². The number of hydroxylamine groups is 2. The Morgan fingerprint density at radius 3 is 1.68 bits per heavy atom. The van der Waals surface area contributed by atoms with Crippen molar-refractivity contribution in [3.8, 4) is 0 Å². The van der Waals surface area contributed by atoms with Crippen molar-refractivity contribution >= 4 is 23.8 Å². The van der Waals surface area contributed by atoms with Crippen LogP contribution in [-0.4, -0.2) is 35.9 Å². The average Bonchev–Trinajstić information content (AvgIpc) is 2.87. The molecule has 0 N–H and O–H groups in total. The first-order valence-corrected chi connectivity index (χ1v) is 7.59. The van der Waals surface area contributed by atoms with Crippen LogP contribution in [0.1, 0.15) is 51.4 Å². The number of nitrogens with zero attached hydrogens (tertiary/aromatic N) is 1. The SMILES string of the molecule is COC(=O)C12CCC(C(=O)ON3C(=O)CCC3=O)(CC1)CC2. The molecule has 7 heteroatoms. The standard InChI is InChI=1S/C15H19NO6/c1-21-12(19)14-4-7-15(8-5-14,9-6-14)13(20)22-16-10(17)2-3-11(16)18/h2-9H2,1H3. The summed E-state index contributed by atoms with van der Waals surface area (Å²) in [6, 6.07) is 0. The molecule has 4 fully saturated rings. The van der Waals surface area contributed by atoms with Gasteiger partial charge in [-0.3, -0.25) is 14.4 Å². The van der Waals surface area contributed by atoms with Gasteiger partial charge in [-0.15, -0.1) is 5.06 Å². The van der Waals surface area contributed by atoms with Crippen molar-refractivity contribution in [1.82, 2.24) is 5.06 Å². The van der Waals surface area contributed by atoms with Crippen molar-refractivity contribution in [3.05, 3.63) is 0 Å². The molecule has 0 unspecified atom stereocenters. The van der Waals surface area contributed by atoms with Gasteiger partial charge in [0.05, 0.1) is 17.9 Å². The van der Waals surface area contributed by atoms with Crippen LogP contribution in [-0.2, 0) is 28.8 Å². The summed E-state index contributed by atoms with van der Waals surface area (Å²) in [7, 11) is 1.38. The number of imide groups is 1. The summed E-state index contributed by atoms with van der Waals surface area (Å²) in [5.74, 6) is -1.66. The average molecular weight is 309 g/mol. The Hall–Kier alpha value is -1.92. The maximum Gasteiger partial charge on any atom is 0.339 e. The van der Waals surface area contributed by atoms with Gasteiger partial charge in [-0.05, 0) is 38.5 Å². The lowest BCUT2D eigenvalue weighted by Crippen LogP contribution is -2.51. The van der Waals surface area contributed by atoms with Crippen molar-refractivity contribution < 1.29 is 28.8 Å². The number of rotatable bonds is 3. The predicted molar refractivity (Wildman–Crippen MR) is 71.8 cm³/mol. The lowest BCUT2D eigenvalue weighted by molar-refractivity contribution is -0.212. The van der Waals surface area contributed by atoms with E-state index in [2.05, 4.69) is 0 Å². The van der Waals surface area contributed by atoms with Gasteiger partial charge in [-0.2, -0.15) is 0 Å². The van der Waals surface area contributed by atoms with E-state index in [9.17, 15) is 19.2 Å². The molecule has 0 spiro atoms. The third kappa shape index (κ3) is 2.10. The molecule has 2 bridgehead atoms. The largest absolute Gasteiger partial charge is 0.469 e. The topological polar surface area (TPSA) is 90.0 Å². The zero-order valence-corrected chi connectivity index (χ0v) is 12.6. The molecule has 1 saturated heterocycles. The molecule has 7 nitrogen and oxygen atoms in total. The number of ether oxygens (including phenoxy) is 1. The highest BCUT2D eigenvalue weighted by atomic mass is 16.7. The molecule has 22 heavy (non-hydrogen) atoms. The second-order valence-corrected chi connectivity index (χ2v) is 6.51. The van der Waals surface area contributed by atoms with E-state index in [0.29, 0.717) is 43.6 Å². The van der Waals surface area contributed by atoms with E-state index in [0.717, 1.165) is 0 Å². The van der Waals surface area contributed by atoms with Crippen LogP contribution in [0.25, 0.3) is 0 Å². The molecule has 120 valence electrons. The molecule has 4 aliphatic rings. The Morgan fingerprint density at radius 2 is 1.27 bits per heavy atom. The van der Waals surface area contributed by atoms with Gasteiger partial charge in [0.25, 0.3) is 11.8 Å². The van der Waals surface area contributed by atoms with Crippen LogP contribution in [0, 0.1) is 10.8 Å². The van der Waals surface area contributed by atoms with Crippen LogP contribution in [0.3, 0.4) is 0 Å². The molecular formula is C15H19NO6. The fourth-order valence-corrected chi connectivity index (χ4v) is 3.85. The van der Waals surface area contributed by atoms with Crippen molar-refractivity contribution in [2.24, 2.45) is 10.8 Å². The van der Waals surface area contributed by atoms with Gasteiger partial charge in [0, 0.05) is 12.8 Å². The van der Waals surface area contributed by atoms with Gasteiger partial charge in [0.2, 0.25) is 0 Å². The first-order valence-electron chi connectivity index (χ1n) is 7.59. The summed E-state index contributed by atoms with van der Waals surface area (Å²) in [5, 5.41) is 0.605. The molecule has 0 aromatic heterocycles. The lowest BCUT2D eigenvalue weighted by Gasteiger charge is -2.49. The first kappa shape index (κ1) is 15.0. The van der Waals surface area contributed by atoms with Crippen LogP contribution in [0.15, 0.2) is 0 Å². The van der Waals surface area contributed by atoms with Crippen LogP contribution < -0.4 is 0 Å². The number of carbonyl (C=O) groups excluding carboxylic acids is 4. The normalized spacial score (nSPS) is 34.0. The molecule has 0 aromatic rings. The fraction of sp³-hybridized carbons (Fsp3) is 0.733. The number of esters is 1. The number of amides is 2. The second-order valence-electron chi connectivity index (χ2n) is 6.51. The Bertz CT molecular complexity index is 514. The van der Waals surface area contributed by atoms with E-state index in [1.807, 2.05) is 0 Å². The summed E-state index contributed by atoms with van der Waals surface area (Å²) in [4.78, 5) is 52.6. The summed E-state index contributed by atoms with van der Waals surface area (Å²) in [5.41, 5.74) is -1.16. The predicted octanol–water partition coefficient (Wildman–Crippen LogP) is 1.11. The van der Waals surface area contributed by atoms with Crippen molar-refractivity contribution in [3.63, 3.8) is 0 Å². The molecule has 1 aliphatic heterocycles. The lowest BCUT2D eigenvalue weighted by atomic mass is 9.53. The van der Waals surface area contributed by atoms with E-state index < -0.39 is 28.6 Å². The van der Waals surface area contributed by atoms with Gasteiger partial charge >= 0.3 is 11.9 Å². The molecule has 4 rings (SSSR count). The van der Waals surface area contributed by atoms with Crippen molar-refractivity contribution in [1.29, 1.82) is 0 Å². The summed E-state index contributed by atoms with van der Waals surface area (Å²) in [6.07, 6.45) is 3.49. The number of hydrogen-bond acceptors (Lipinski definition) is 6. The summed E-state index contributed by atoms with van der Waals surface area (Å²) in [6.45, 7) is 0. The minimum Gasteiger partial charge on any atom is -0.469 e. The highest BCUT2D eigenvalue weighted by molar-refractivity contribution is 6.01. The molecule has 3 saturated carbocycles. The van der Waals surface area contributed by atoms with Gasteiger partial charge in [0.15, 0.2) is 0 Å². The van der Waals surface area contributed by atoms with E-state index in [-0.39, 0.29) is 18.8 Å². The summed E-state index contributed by atoms with van der Waals surface area (Å²) < 4.78 is 4.89. The van der Waals surface area contributed by atoms with E-state index in [1.54, 1.807) is 0 Å². The first-order chi connectivity index (χ1) is 10.4. The maximum absolute atomic E-state index is 12.5. The Labute approximate surface area is 127 Å². The minimum absolute atomic E-state index is 0.0879. The van der Waals surface area contributed by atoms with Gasteiger partial charge in [-0.25, -0.2) is 4.79 Å². The Morgan fingerprint density at radius 1 is 0.864 bits per heavy atom. The zero-order chi connectivity index (χ0) is 16.0. The zero-order valence-electron chi connectivity index (χ0n) is 12.6. The maximum atomic E-state index is 12.5. The van der Waals surface area contributed by atoms with Crippen LogP contribution in [0.2, 0.25) is 0 Å². The van der Waals surface area contributed by atoms with Gasteiger partial charge < -0.3 is 9.57 Å². The quantitative estimate of drug-likeness (QED) is 0.573. The van der Waals surface area contributed by atoms with E-state index in [1.165, 1.54) is 7.11 Å². The molecule has 0 radical (unpaired) electrons. The summed E-state index contributed by atoms with van der Waals surface area (Å²) >= 11 is 0. The van der Waals surface area contributed by atoms with Crippen LogP contribution >= 0.6 is 0 Å².